The smallest absolute Gasteiger partial charge is 0.343 e. The van der Waals surface area contributed by atoms with Crippen LogP contribution in [0.4, 0.5) is 0 Å². The Morgan fingerprint density at radius 1 is 0.615 bits per heavy atom. The molecule has 0 aromatic heterocycles. The third-order valence-electron chi connectivity index (χ3n) is 6.02. The fourth-order valence-corrected chi connectivity index (χ4v) is 5.16. The number of hydrogen-bond donors (Lipinski definition) is 0. The van der Waals surface area contributed by atoms with Crippen molar-refractivity contribution in [3.05, 3.63) is 107 Å². The van der Waals surface area contributed by atoms with Crippen LogP contribution in [-0.2, 0) is 9.84 Å². The molecule has 0 aliphatic rings. The first-order chi connectivity index (χ1) is 18.6. The van der Waals surface area contributed by atoms with Gasteiger partial charge in [-0.2, -0.15) is 0 Å². The molecule has 4 aromatic carbocycles. The summed E-state index contributed by atoms with van der Waals surface area (Å²) in [5.74, 6) is -0.876. The van der Waals surface area contributed by atoms with Crippen LogP contribution in [0.15, 0.2) is 94.7 Å². The molecule has 0 spiro atoms. The van der Waals surface area contributed by atoms with Crippen molar-refractivity contribution in [2.24, 2.45) is 0 Å². The van der Waals surface area contributed by atoms with Crippen molar-refractivity contribution in [3.8, 4) is 23.0 Å². The second kappa shape index (κ2) is 11.4. The monoisotopic (exact) mass is 546 g/mol. The number of sulfone groups is 1. The highest BCUT2D eigenvalue weighted by Crippen LogP contribution is 2.34. The quantitative estimate of drug-likeness (QED) is 0.208. The summed E-state index contributed by atoms with van der Waals surface area (Å²) in [4.78, 5) is 25.4. The zero-order valence-corrected chi connectivity index (χ0v) is 22.6. The maximum absolute atomic E-state index is 13.8. The summed E-state index contributed by atoms with van der Waals surface area (Å²) in [6.07, 6.45) is 0. The first-order valence-corrected chi connectivity index (χ1v) is 13.3. The SMILES string of the molecule is COc1cccc(C(=O)Oc2ccc(OC(=O)c3cccc(OC)c3)c(S(=O)(=O)c3ccc(C)c(C)c3)c2)c1. The number of esters is 2. The first kappa shape index (κ1) is 27.4. The predicted molar refractivity (Wildman–Crippen MR) is 144 cm³/mol. The van der Waals surface area contributed by atoms with Crippen molar-refractivity contribution in [1.82, 2.24) is 0 Å². The largest absolute Gasteiger partial charge is 0.497 e. The minimum atomic E-state index is -4.20. The summed E-state index contributed by atoms with van der Waals surface area (Å²) in [5, 5.41) is 0. The van der Waals surface area contributed by atoms with E-state index in [1.54, 1.807) is 43.3 Å². The fourth-order valence-electron chi connectivity index (χ4n) is 3.68. The highest BCUT2D eigenvalue weighted by atomic mass is 32.2. The molecule has 4 aromatic rings. The summed E-state index contributed by atoms with van der Waals surface area (Å²) in [6, 6.07) is 21.1. The van der Waals surface area contributed by atoms with Gasteiger partial charge in [-0.3, -0.25) is 0 Å². The highest BCUT2D eigenvalue weighted by Gasteiger charge is 2.26. The van der Waals surface area contributed by atoms with Gasteiger partial charge in [-0.05, 0) is 85.6 Å². The average Bonchev–Trinajstić information content (AvgIpc) is 2.95. The second-order valence-electron chi connectivity index (χ2n) is 8.60. The van der Waals surface area contributed by atoms with Gasteiger partial charge in [0.15, 0.2) is 5.75 Å². The van der Waals surface area contributed by atoms with Crippen molar-refractivity contribution in [1.29, 1.82) is 0 Å². The van der Waals surface area contributed by atoms with E-state index < -0.39 is 21.8 Å². The number of carbonyl (C=O) groups excluding carboxylic acids is 2. The highest BCUT2D eigenvalue weighted by molar-refractivity contribution is 7.91. The maximum Gasteiger partial charge on any atom is 0.343 e. The Morgan fingerprint density at radius 2 is 1.21 bits per heavy atom. The summed E-state index contributed by atoms with van der Waals surface area (Å²) < 4.78 is 48.8. The summed E-state index contributed by atoms with van der Waals surface area (Å²) in [7, 11) is -1.26. The molecular weight excluding hydrogens is 520 g/mol. The van der Waals surface area contributed by atoms with E-state index in [1.807, 2.05) is 6.92 Å². The van der Waals surface area contributed by atoms with Crippen LogP contribution in [0.5, 0.6) is 23.0 Å². The molecule has 39 heavy (non-hydrogen) atoms. The van der Waals surface area contributed by atoms with Crippen molar-refractivity contribution >= 4 is 21.8 Å². The Kier molecular flexibility index (Phi) is 8.01. The minimum absolute atomic E-state index is 0.000511. The molecule has 0 saturated carbocycles. The summed E-state index contributed by atoms with van der Waals surface area (Å²) in [5.41, 5.74) is 2.06. The molecule has 4 rings (SSSR count). The molecule has 0 aliphatic carbocycles. The number of methoxy groups -OCH3 is 2. The molecule has 0 atom stereocenters. The number of aryl methyl sites for hydroxylation is 2. The number of carbonyl (C=O) groups is 2. The zero-order valence-electron chi connectivity index (χ0n) is 21.8. The summed E-state index contributed by atoms with van der Waals surface area (Å²) >= 11 is 0. The molecule has 0 N–H and O–H groups in total. The Hall–Kier alpha value is -4.63. The Labute approximate surface area is 226 Å². The zero-order chi connectivity index (χ0) is 28.2. The molecule has 0 radical (unpaired) electrons. The van der Waals surface area contributed by atoms with Crippen LogP contribution in [-0.4, -0.2) is 34.6 Å². The predicted octanol–water partition coefficient (Wildman–Crippen LogP) is 5.59. The van der Waals surface area contributed by atoms with E-state index in [-0.39, 0.29) is 32.4 Å². The van der Waals surface area contributed by atoms with E-state index in [9.17, 15) is 18.0 Å². The number of rotatable bonds is 8. The summed E-state index contributed by atoms with van der Waals surface area (Å²) in [6.45, 7) is 3.66. The van der Waals surface area contributed by atoms with Crippen molar-refractivity contribution in [3.63, 3.8) is 0 Å². The molecule has 0 unspecified atom stereocenters. The molecule has 0 bridgehead atoms. The molecule has 0 amide bonds. The van der Waals surface area contributed by atoms with Crippen LogP contribution in [0.25, 0.3) is 0 Å². The maximum atomic E-state index is 13.8. The second-order valence-corrected chi connectivity index (χ2v) is 10.5. The van der Waals surface area contributed by atoms with E-state index in [0.29, 0.717) is 11.5 Å². The normalized spacial score (nSPS) is 11.0. The van der Waals surface area contributed by atoms with E-state index in [2.05, 4.69) is 0 Å². The molecular formula is C30H26O8S. The lowest BCUT2D eigenvalue weighted by Gasteiger charge is -2.14. The lowest BCUT2D eigenvalue weighted by molar-refractivity contribution is 0.0715. The van der Waals surface area contributed by atoms with Gasteiger partial charge < -0.3 is 18.9 Å². The first-order valence-electron chi connectivity index (χ1n) is 11.8. The molecule has 0 aliphatic heterocycles. The topological polar surface area (TPSA) is 105 Å². The standard InChI is InChI=1S/C30H26O8S/c1-19-11-13-26(15-20(19)2)39(33,34)28-18-25(37-29(31)21-7-5-9-23(16-21)35-3)12-14-27(28)38-30(32)22-8-6-10-24(17-22)36-4/h5-18H,1-4H3. The van der Waals surface area contributed by atoms with Gasteiger partial charge in [0.1, 0.15) is 22.1 Å². The Morgan fingerprint density at radius 3 is 1.77 bits per heavy atom. The molecule has 0 fully saturated rings. The number of hydrogen-bond acceptors (Lipinski definition) is 8. The lowest BCUT2D eigenvalue weighted by atomic mass is 10.1. The third-order valence-corrected chi connectivity index (χ3v) is 7.79. The van der Waals surface area contributed by atoms with Gasteiger partial charge in [-0.15, -0.1) is 0 Å². The van der Waals surface area contributed by atoms with Gasteiger partial charge in [-0.25, -0.2) is 18.0 Å². The molecule has 9 heteroatoms. The van der Waals surface area contributed by atoms with Gasteiger partial charge in [0.2, 0.25) is 9.84 Å². The molecule has 0 heterocycles. The Balaban J connectivity index is 1.75. The van der Waals surface area contributed by atoms with Gasteiger partial charge in [0, 0.05) is 6.07 Å². The third kappa shape index (κ3) is 6.10. The van der Waals surface area contributed by atoms with Gasteiger partial charge in [0.25, 0.3) is 0 Å². The number of benzene rings is 4. The Bertz CT molecular complexity index is 1660. The fraction of sp³-hybridized carbons (Fsp3) is 0.133. The van der Waals surface area contributed by atoms with E-state index in [0.717, 1.165) is 17.2 Å². The van der Waals surface area contributed by atoms with Gasteiger partial charge >= 0.3 is 11.9 Å². The van der Waals surface area contributed by atoms with E-state index in [1.165, 1.54) is 56.7 Å². The van der Waals surface area contributed by atoms with Gasteiger partial charge in [0.05, 0.1) is 30.2 Å². The van der Waals surface area contributed by atoms with Crippen LogP contribution in [0.2, 0.25) is 0 Å². The van der Waals surface area contributed by atoms with Crippen molar-refractivity contribution < 1.29 is 37.0 Å². The van der Waals surface area contributed by atoms with Crippen LogP contribution in [0.3, 0.4) is 0 Å². The lowest BCUT2D eigenvalue weighted by Crippen LogP contribution is -2.13. The minimum Gasteiger partial charge on any atom is -0.497 e. The van der Waals surface area contributed by atoms with Crippen molar-refractivity contribution in [2.75, 3.05) is 14.2 Å². The van der Waals surface area contributed by atoms with Gasteiger partial charge in [-0.1, -0.05) is 18.2 Å². The average molecular weight is 547 g/mol. The molecule has 8 nitrogen and oxygen atoms in total. The van der Waals surface area contributed by atoms with E-state index in [4.69, 9.17) is 18.9 Å². The van der Waals surface area contributed by atoms with Crippen molar-refractivity contribution in [2.45, 2.75) is 23.6 Å². The van der Waals surface area contributed by atoms with Crippen LogP contribution in [0, 0.1) is 13.8 Å². The van der Waals surface area contributed by atoms with Crippen LogP contribution < -0.4 is 18.9 Å². The van der Waals surface area contributed by atoms with E-state index >= 15 is 0 Å². The molecule has 0 saturated heterocycles. The van der Waals surface area contributed by atoms with Crippen LogP contribution in [0.1, 0.15) is 31.8 Å². The number of ether oxygens (including phenoxy) is 4. The molecule has 200 valence electrons. The van der Waals surface area contributed by atoms with Crippen LogP contribution >= 0.6 is 0 Å².